The molecule has 0 bridgehead atoms. The quantitative estimate of drug-likeness (QED) is 0.345. The Hall–Kier alpha value is -3.27. The summed E-state index contributed by atoms with van der Waals surface area (Å²) in [5.41, 5.74) is -1.22. The van der Waals surface area contributed by atoms with Crippen LogP contribution in [0.5, 0.6) is 0 Å². The number of carbonyl (C=O) groups is 1. The molecule has 0 fully saturated rings. The average molecular weight is 495 g/mol. The minimum absolute atomic E-state index is 0.121. The third-order valence-corrected chi connectivity index (χ3v) is 7.42. The smallest absolute Gasteiger partial charge is 0.294 e. The van der Waals surface area contributed by atoms with E-state index in [1.807, 2.05) is 0 Å². The minimum Gasteiger partial charge on any atom is -0.294 e. The first-order valence-corrected chi connectivity index (χ1v) is 11.7. The van der Waals surface area contributed by atoms with E-state index < -0.39 is 51.2 Å². The van der Waals surface area contributed by atoms with Gasteiger partial charge < -0.3 is 0 Å². The SMILES string of the molecule is O=C(Cc1ccc2c(c1)N(S(=O)(=O)c1ccc(F)cc1)CCC2)c1c(F)cccc1C(F)(F)F. The highest BCUT2D eigenvalue weighted by Gasteiger charge is 2.37. The van der Waals surface area contributed by atoms with Gasteiger partial charge in [-0.3, -0.25) is 9.10 Å². The zero-order chi connectivity index (χ0) is 24.7. The molecule has 4 nitrogen and oxygen atoms in total. The maximum atomic E-state index is 14.2. The van der Waals surface area contributed by atoms with E-state index in [9.17, 15) is 35.2 Å². The molecule has 178 valence electrons. The molecule has 4 rings (SSSR count). The van der Waals surface area contributed by atoms with Gasteiger partial charge in [-0.1, -0.05) is 18.2 Å². The zero-order valence-corrected chi connectivity index (χ0v) is 18.4. The maximum Gasteiger partial charge on any atom is 0.417 e. The van der Waals surface area contributed by atoms with E-state index in [1.165, 1.54) is 12.1 Å². The molecule has 3 aromatic carbocycles. The number of fused-ring (bicyclic) bond motifs is 1. The first kappa shape index (κ1) is 23.9. The lowest BCUT2D eigenvalue weighted by atomic mass is 9.95. The summed E-state index contributed by atoms with van der Waals surface area (Å²) in [7, 11) is -4.05. The molecule has 0 saturated heterocycles. The molecule has 0 amide bonds. The van der Waals surface area contributed by atoms with Crippen LogP contribution in [0.4, 0.5) is 27.6 Å². The molecule has 0 atom stereocenters. The first-order chi connectivity index (χ1) is 16.0. The van der Waals surface area contributed by atoms with Crippen LogP contribution in [0.25, 0.3) is 0 Å². The molecule has 0 N–H and O–H groups in total. The summed E-state index contributed by atoms with van der Waals surface area (Å²) in [4.78, 5) is 12.6. The Kier molecular flexibility index (Phi) is 6.20. The Morgan fingerprint density at radius 1 is 0.971 bits per heavy atom. The van der Waals surface area contributed by atoms with Crippen molar-refractivity contribution in [1.82, 2.24) is 0 Å². The molecule has 34 heavy (non-hydrogen) atoms. The van der Waals surface area contributed by atoms with Gasteiger partial charge in [0.25, 0.3) is 10.0 Å². The van der Waals surface area contributed by atoms with E-state index in [0.717, 1.165) is 40.7 Å². The summed E-state index contributed by atoms with van der Waals surface area (Å²) in [6, 6.07) is 11.2. The summed E-state index contributed by atoms with van der Waals surface area (Å²) in [5, 5.41) is 0. The van der Waals surface area contributed by atoms with Crippen LogP contribution in [0, 0.1) is 11.6 Å². The van der Waals surface area contributed by atoms with Crippen LogP contribution in [-0.2, 0) is 29.0 Å². The van der Waals surface area contributed by atoms with Crippen molar-refractivity contribution in [2.24, 2.45) is 0 Å². The molecular formula is C24H18F5NO3S. The number of sulfonamides is 1. The third kappa shape index (κ3) is 4.54. The zero-order valence-electron chi connectivity index (χ0n) is 17.6. The van der Waals surface area contributed by atoms with Crippen LogP contribution in [0.15, 0.2) is 65.6 Å². The van der Waals surface area contributed by atoms with Gasteiger partial charge in [0.15, 0.2) is 5.78 Å². The number of Topliss-reactive ketones (excluding diaryl/α,β-unsaturated/α-hetero) is 1. The highest BCUT2D eigenvalue weighted by atomic mass is 32.2. The van der Waals surface area contributed by atoms with Gasteiger partial charge in [-0.25, -0.2) is 17.2 Å². The van der Waals surface area contributed by atoms with Crippen molar-refractivity contribution in [3.05, 3.63) is 94.6 Å². The Morgan fingerprint density at radius 2 is 1.68 bits per heavy atom. The number of hydrogen-bond acceptors (Lipinski definition) is 3. The van der Waals surface area contributed by atoms with Crippen LogP contribution < -0.4 is 4.31 Å². The third-order valence-electron chi connectivity index (χ3n) is 5.59. The lowest BCUT2D eigenvalue weighted by molar-refractivity contribution is -0.138. The molecule has 1 aliphatic heterocycles. The predicted octanol–water partition coefficient (Wildman–Crippen LogP) is 5.55. The van der Waals surface area contributed by atoms with Crippen molar-refractivity contribution in [1.29, 1.82) is 0 Å². The number of aryl methyl sites for hydroxylation is 1. The minimum atomic E-state index is -4.91. The van der Waals surface area contributed by atoms with E-state index in [1.54, 1.807) is 6.07 Å². The normalized spacial score (nSPS) is 14.1. The van der Waals surface area contributed by atoms with Crippen LogP contribution in [-0.4, -0.2) is 20.7 Å². The second-order valence-electron chi connectivity index (χ2n) is 7.86. The van der Waals surface area contributed by atoms with Gasteiger partial charge in [0.2, 0.25) is 0 Å². The largest absolute Gasteiger partial charge is 0.417 e. The first-order valence-electron chi connectivity index (χ1n) is 10.3. The lowest BCUT2D eigenvalue weighted by Crippen LogP contribution is -2.35. The fraction of sp³-hybridized carbons (Fsp3) is 0.208. The Morgan fingerprint density at radius 3 is 2.35 bits per heavy atom. The molecule has 0 aromatic heterocycles. The number of ketones is 1. The Balaban J connectivity index is 1.69. The molecule has 0 saturated carbocycles. The second kappa shape index (κ2) is 8.83. The van der Waals surface area contributed by atoms with Crippen molar-refractivity contribution in [3.8, 4) is 0 Å². The number of benzene rings is 3. The molecule has 1 heterocycles. The van der Waals surface area contributed by atoms with Gasteiger partial charge in [0.05, 0.1) is 21.7 Å². The van der Waals surface area contributed by atoms with Crippen LogP contribution >= 0.6 is 0 Å². The summed E-state index contributed by atoms with van der Waals surface area (Å²) in [5.74, 6) is -2.95. The summed E-state index contributed by atoms with van der Waals surface area (Å²) >= 11 is 0. The summed E-state index contributed by atoms with van der Waals surface area (Å²) in [6.07, 6.45) is -4.38. The molecule has 0 radical (unpaired) electrons. The van der Waals surface area contributed by atoms with Gasteiger partial charge in [-0.05, 0) is 66.4 Å². The van der Waals surface area contributed by atoms with E-state index in [0.29, 0.717) is 24.5 Å². The van der Waals surface area contributed by atoms with Crippen LogP contribution in [0.3, 0.4) is 0 Å². The molecular weight excluding hydrogens is 477 g/mol. The van der Waals surface area contributed by atoms with Crippen molar-refractivity contribution in [2.75, 3.05) is 10.8 Å². The van der Waals surface area contributed by atoms with Gasteiger partial charge in [0.1, 0.15) is 11.6 Å². The van der Waals surface area contributed by atoms with E-state index in [2.05, 4.69) is 0 Å². The lowest BCUT2D eigenvalue weighted by Gasteiger charge is -2.31. The fourth-order valence-electron chi connectivity index (χ4n) is 4.00. The number of alkyl halides is 3. The number of nitrogens with zero attached hydrogens (tertiary/aromatic N) is 1. The van der Waals surface area contributed by atoms with Gasteiger partial charge in [-0.15, -0.1) is 0 Å². The van der Waals surface area contributed by atoms with Gasteiger partial charge in [0, 0.05) is 13.0 Å². The molecule has 1 aliphatic rings. The fourth-order valence-corrected chi connectivity index (χ4v) is 5.53. The molecule has 3 aromatic rings. The highest BCUT2D eigenvalue weighted by Crippen LogP contribution is 2.35. The average Bonchev–Trinajstić information content (AvgIpc) is 2.78. The summed E-state index contributed by atoms with van der Waals surface area (Å²) < 4.78 is 94.9. The van der Waals surface area contributed by atoms with Crippen LogP contribution in [0.2, 0.25) is 0 Å². The Labute approximate surface area is 192 Å². The number of hydrogen-bond donors (Lipinski definition) is 0. The number of anilines is 1. The van der Waals surface area contributed by atoms with E-state index in [4.69, 9.17) is 0 Å². The number of halogens is 5. The maximum absolute atomic E-state index is 14.2. The van der Waals surface area contributed by atoms with E-state index >= 15 is 0 Å². The van der Waals surface area contributed by atoms with Crippen LogP contribution in [0.1, 0.15) is 33.5 Å². The van der Waals surface area contributed by atoms with Crippen molar-refractivity contribution in [3.63, 3.8) is 0 Å². The van der Waals surface area contributed by atoms with Crippen molar-refractivity contribution >= 4 is 21.5 Å². The monoisotopic (exact) mass is 495 g/mol. The topological polar surface area (TPSA) is 54.5 Å². The number of carbonyl (C=O) groups excluding carboxylic acids is 1. The van der Waals surface area contributed by atoms with Gasteiger partial charge in [-0.2, -0.15) is 13.2 Å². The van der Waals surface area contributed by atoms with Crippen molar-refractivity contribution in [2.45, 2.75) is 30.3 Å². The van der Waals surface area contributed by atoms with E-state index in [-0.39, 0.29) is 22.7 Å². The summed E-state index contributed by atoms with van der Waals surface area (Å²) in [6.45, 7) is 0.135. The second-order valence-corrected chi connectivity index (χ2v) is 9.72. The highest BCUT2D eigenvalue weighted by molar-refractivity contribution is 7.92. The Bertz CT molecular complexity index is 1350. The van der Waals surface area contributed by atoms with Gasteiger partial charge >= 0.3 is 6.18 Å². The van der Waals surface area contributed by atoms with Crippen molar-refractivity contribution < 1.29 is 35.2 Å². The standard InChI is InChI=1S/C24H18F5NO3S/c25-17-8-10-18(11-9-17)34(32,33)30-12-2-3-16-7-6-15(13-21(16)30)14-22(31)23-19(24(27,28)29)4-1-5-20(23)26/h1,4-11,13H,2-3,12,14H2. The predicted molar refractivity (Wildman–Crippen MR) is 115 cm³/mol. The number of rotatable bonds is 5. The molecule has 0 aliphatic carbocycles. The molecule has 10 heteroatoms. The molecule has 0 unspecified atom stereocenters. The molecule has 0 spiro atoms.